The quantitative estimate of drug-likeness (QED) is 0.861. The zero-order valence-corrected chi connectivity index (χ0v) is 13.2. The van der Waals surface area contributed by atoms with Crippen molar-refractivity contribution in [3.63, 3.8) is 0 Å². The summed E-state index contributed by atoms with van der Waals surface area (Å²) in [5.74, 6) is 0.877. The van der Waals surface area contributed by atoms with E-state index in [9.17, 15) is 0 Å². The standard InChI is InChI=1S/C19H28N2/c1-2-18(20)13-16-8-9-19-17(12-16)10-11-21(19)14-15-6-4-3-5-7-15/h8-12,15,18H,2-7,13-14,20H2,1H3. The van der Waals surface area contributed by atoms with Crippen LogP contribution in [-0.2, 0) is 13.0 Å². The SMILES string of the molecule is CCC(N)Cc1ccc2c(ccn2CC2CCCCC2)c1. The molecule has 1 aliphatic carbocycles. The van der Waals surface area contributed by atoms with Crippen LogP contribution in [0.25, 0.3) is 10.9 Å². The molecular weight excluding hydrogens is 256 g/mol. The first kappa shape index (κ1) is 14.6. The minimum atomic E-state index is 0.284. The van der Waals surface area contributed by atoms with Crippen molar-refractivity contribution in [1.29, 1.82) is 0 Å². The van der Waals surface area contributed by atoms with Crippen LogP contribution >= 0.6 is 0 Å². The highest BCUT2D eigenvalue weighted by Gasteiger charge is 2.14. The molecule has 1 fully saturated rings. The van der Waals surface area contributed by atoms with E-state index in [4.69, 9.17) is 5.73 Å². The maximum Gasteiger partial charge on any atom is 0.0480 e. The van der Waals surface area contributed by atoms with Crippen molar-refractivity contribution >= 4 is 10.9 Å². The van der Waals surface area contributed by atoms with Gasteiger partial charge in [0.15, 0.2) is 0 Å². The van der Waals surface area contributed by atoms with Crippen molar-refractivity contribution in [3.8, 4) is 0 Å². The van der Waals surface area contributed by atoms with Crippen LogP contribution in [0.4, 0.5) is 0 Å². The molecule has 1 heterocycles. The molecule has 0 bridgehead atoms. The van der Waals surface area contributed by atoms with E-state index in [1.807, 2.05) is 0 Å². The van der Waals surface area contributed by atoms with Crippen LogP contribution in [0.15, 0.2) is 30.5 Å². The van der Waals surface area contributed by atoms with Crippen molar-refractivity contribution in [1.82, 2.24) is 4.57 Å². The lowest BCUT2D eigenvalue weighted by atomic mass is 9.89. The van der Waals surface area contributed by atoms with Crippen molar-refractivity contribution in [3.05, 3.63) is 36.0 Å². The van der Waals surface area contributed by atoms with Gasteiger partial charge in [0.2, 0.25) is 0 Å². The Morgan fingerprint density at radius 1 is 1.19 bits per heavy atom. The Kier molecular flexibility index (Phi) is 4.64. The minimum Gasteiger partial charge on any atom is -0.347 e. The molecule has 0 amide bonds. The number of aromatic nitrogens is 1. The molecule has 1 saturated carbocycles. The van der Waals surface area contributed by atoms with E-state index < -0.39 is 0 Å². The molecule has 2 nitrogen and oxygen atoms in total. The van der Waals surface area contributed by atoms with Crippen LogP contribution < -0.4 is 5.73 Å². The molecule has 1 unspecified atom stereocenters. The minimum absolute atomic E-state index is 0.284. The largest absolute Gasteiger partial charge is 0.347 e. The third-order valence-electron chi connectivity index (χ3n) is 5.04. The fourth-order valence-electron chi connectivity index (χ4n) is 3.63. The van der Waals surface area contributed by atoms with Gasteiger partial charge in [-0.1, -0.05) is 32.3 Å². The summed E-state index contributed by atoms with van der Waals surface area (Å²) < 4.78 is 2.45. The third kappa shape index (κ3) is 3.49. The number of nitrogens with zero attached hydrogens (tertiary/aromatic N) is 1. The van der Waals surface area contributed by atoms with Crippen molar-refractivity contribution in [2.45, 2.75) is 64.5 Å². The fourth-order valence-corrected chi connectivity index (χ4v) is 3.63. The molecule has 1 aromatic carbocycles. The first-order valence-corrected chi connectivity index (χ1v) is 8.59. The molecule has 2 N–H and O–H groups in total. The molecule has 0 spiro atoms. The third-order valence-corrected chi connectivity index (χ3v) is 5.04. The van der Waals surface area contributed by atoms with Crippen molar-refractivity contribution in [2.24, 2.45) is 11.7 Å². The molecular formula is C19H28N2. The van der Waals surface area contributed by atoms with Gasteiger partial charge in [-0.15, -0.1) is 0 Å². The van der Waals surface area contributed by atoms with Crippen LogP contribution in [0.5, 0.6) is 0 Å². The van der Waals surface area contributed by atoms with Gasteiger partial charge in [0.1, 0.15) is 0 Å². The van der Waals surface area contributed by atoms with E-state index in [0.29, 0.717) is 0 Å². The molecule has 1 atom stereocenters. The molecule has 2 heteroatoms. The van der Waals surface area contributed by atoms with Crippen LogP contribution in [0.1, 0.15) is 51.0 Å². The van der Waals surface area contributed by atoms with Crippen LogP contribution in [0.2, 0.25) is 0 Å². The highest BCUT2D eigenvalue weighted by Crippen LogP contribution is 2.27. The summed E-state index contributed by atoms with van der Waals surface area (Å²) in [7, 11) is 0. The molecule has 1 aromatic heterocycles. The summed E-state index contributed by atoms with van der Waals surface area (Å²) in [5.41, 5.74) is 8.82. The predicted molar refractivity (Wildman–Crippen MR) is 90.5 cm³/mol. The summed E-state index contributed by atoms with van der Waals surface area (Å²) in [5, 5.41) is 1.37. The molecule has 2 aromatic rings. The van der Waals surface area contributed by atoms with Crippen molar-refractivity contribution in [2.75, 3.05) is 0 Å². The van der Waals surface area contributed by atoms with Gasteiger partial charge in [0, 0.05) is 24.3 Å². The first-order chi connectivity index (χ1) is 10.3. The van der Waals surface area contributed by atoms with Gasteiger partial charge in [-0.3, -0.25) is 0 Å². The van der Waals surface area contributed by atoms with E-state index in [1.165, 1.54) is 55.1 Å². The Bertz CT molecular complexity index is 578. The van der Waals surface area contributed by atoms with E-state index in [1.54, 1.807) is 0 Å². The Labute approximate surface area is 128 Å². The van der Waals surface area contributed by atoms with Gasteiger partial charge in [-0.2, -0.15) is 0 Å². The summed E-state index contributed by atoms with van der Waals surface area (Å²) >= 11 is 0. The Morgan fingerprint density at radius 2 is 2.00 bits per heavy atom. The first-order valence-electron chi connectivity index (χ1n) is 8.59. The van der Waals surface area contributed by atoms with Gasteiger partial charge >= 0.3 is 0 Å². The lowest BCUT2D eigenvalue weighted by Crippen LogP contribution is -2.21. The molecule has 1 aliphatic rings. The van der Waals surface area contributed by atoms with Crippen LogP contribution in [-0.4, -0.2) is 10.6 Å². The summed E-state index contributed by atoms with van der Waals surface area (Å²) in [4.78, 5) is 0. The van der Waals surface area contributed by atoms with Gasteiger partial charge in [0.05, 0.1) is 0 Å². The highest BCUT2D eigenvalue weighted by atomic mass is 15.0. The Morgan fingerprint density at radius 3 is 2.76 bits per heavy atom. The topological polar surface area (TPSA) is 30.9 Å². The van der Waals surface area contributed by atoms with E-state index in [-0.39, 0.29) is 6.04 Å². The average molecular weight is 284 g/mol. The zero-order chi connectivity index (χ0) is 14.7. The molecule has 0 saturated heterocycles. The molecule has 0 aliphatic heterocycles. The smallest absolute Gasteiger partial charge is 0.0480 e. The van der Waals surface area contributed by atoms with E-state index >= 15 is 0 Å². The number of benzene rings is 1. The fraction of sp³-hybridized carbons (Fsp3) is 0.579. The number of fused-ring (bicyclic) bond motifs is 1. The van der Waals surface area contributed by atoms with Gasteiger partial charge < -0.3 is 10.3 Å². The second kappa shape index (κ2) is 6.65. The average Bonchev–Trinajstić information content (AvgIpc) is 2.90. The summed E-state index contributed by atoms with van der Waals surface area (Å²) in [6, 6.07) is 9.42. The highest BCUT2D eigenvalue weighted by molar-refractivity contribution is 5.80. The maximum absolute atomic E-state index is 6.07. The lowest BCUT2D eigenvalue weighted by molar-refractivity contribution is 0.322. The van der Waals surface area contributed by atoms with E-state index in [2.05, 4.69) is 42.0 Å². The second-order valence-corrected chi connectivity index (χ2v) is 6.74. The molecule has 0 radical (unpaired) electrons. The van der Waals surface area contributed by atoms with Crippen LogP contribution in [0, 0.1) is 5.92 Å². The normalized spacial score (nSPS) is 18.2. The number of hydrogen-bond donors (Lipinski definition) is 1. The van der Waals surface area contributed by atoms with Gasteiger partial charge in [-0.25, -0.2) is 0 Å². The molecule has 3 rings (SSSR count). The van der Waals surface area contributed by atoms with Gasteiger partial charge in [0.25, 0.3) is 0 Å². The predicted octanol–water partition coefficient (Wildman–Crippen LogP) is 4.50. The number of nitrogens with two attached hydrogens (primary N) is 1. The monoisotopic (exact) mass is 284 g/mol. The summed E-state index contributed by atoms with van der Waals surface area (Å²) in [6.07, 6.45) is 11.4. The van der Waals surface area contributed by atoms with Crippen LogP contribution in [0.3, 0.4) is 0 Å². The maximum atomic E-state index is 6.07. The van der Waals surface area contributed by atoms with Gasteiger partial charge in [-0.05, 0) is 60.7 Å². The van der Waals surface area contributed by atoms with E-state index in [0.717, 1.165) is 18.8 Å². The lowest BCUT2D eigenvalue weighted by Gasteiger charge is -2.22. The molecule has 114 valence electrons. The Balaban J connectivity index is 1.75. The number of hydrogen-bond acceptors (Lipinski definition) is 1. The second-order valence-electron chi connectivity index (χ2n) is 6.74. The number of rotatable bonds is 5. The molecule has 21 heavy (non-hydrogen) atoms. The van der Waals surface area contributed by atoms with Crippen molar-refractivity contribution < 1.29 is 0 Å². The zero-order valence-electron chi connectivity index (χ0n) is 13.2. The Hall–Kier alpha value is -1.28. The summed E-state index contributed by atoms with van der Waals surface area (Å²) in [6.45, 7) is 3.35.